The molecule has 5 heteroatoms. The van der Waals surface area contributed by atoms with Gasteiger partial charge in [0.25, 0.3) is 11.8 Å². The molecule has 1 aliphatic rings. The van der Waals surface area contributed by atoms with E-state index in [0.29, 0.717) is 28.1 Å². The van der Waals surface area contributed by atoms with Crippen LogP contribution in [-0.4, -0.2) is 16.4 Å². The number of nitrogens with zero attached hydrogens (tertiary/aromatic N) is 3. The fourth-order valence-corrected chi connectivity index (χ4v) is 6.84. The molecule has 0 saturated carbocycles. The van der Waals surface area contributed by atoms with Gasteiger partial charge in [0, 0.05) is 10.8 Å². The minimum atomic E-state index is -0.344. The fourth-order valence-electron chi connectivity index (χ4n) is 6.84. The third-order valence-electron chi connectivity index (χ3n) is 9.30. The summed E-state index contributed by atoms with van der Waals surface area (Å²) >= 11 is 0. The van der Waals surface area contributed by atoms with Crippen molar-refractivity contribution in [2.24, 2.45) is 0 Å². The first-order valence-electron chi connectivity index (χ1n) is 16.7. The number of fused-ring (bicyclic) bond motifs is 4. The molecule has 0 atom stereocenters. The molecule has 0 unspecified atom stereocenters. The van der Waals surface area contributed by atoms with E-state index in [1.807, 2.05) is 133 Å². The van der Waals surface area contributed by atoms with Crippen LogP contribution in [0.5, 0.6) is 0 Å². The van der Waals surface area contributed by atoms with E-state index in [1.165, 1.54) is 10.5 Å². The van der Waals surface area contributed by atoms with Gasteiger partial charge in [-0.2, -0.15) is 5.26 Å². The lowest BCUT2D eigenvalue weighted by Crippen LogP contribution is -2.29. The van der Waals surface area contributed by atoms with Gasteiger partial charge in [-0.1, -0.05) is 121 Å². The number of aromatic nitrogens is 1. The summed E-state index contributed by atoms with van der Waals surface area (Å²) in [6.45, 7) is 2.08. The largest absolute Gasteiger partial charge is 0.308 e. The van der Waals surface area contributed by atoms with E-state index >= 15 is 0 Å². The summed E-state index contributed by atoms with van der Waals surface area (Å²) in [7, 11) is 0. The Balaban J connectivity index is 0.000000480. The number of imide groups is 1. The summed E-state index contributed by atoms with van der Waals surface area (Å²) in [6, 6.07) is 57.3. The van der Waals surface area contributed by atoms with Crippen LogP contribution in [0, 0.1) is 18.3 Å². The predicted octanol–water partition coefficient (Wildman–Crippen LogP) is 10.8. The molecule has 8 aromatic rings. The van der Waals surface area contributed by atoms with Crippen LogP contribution in [0.25, 0.3) is 49.7 Å². The molecule has 2 amide bonds. The topological polar surface area (TPSA) is 66.1 Å². The second kappa shape index (κ2) is 13.1. The molecule has 5 nitrogen and oxygen atoms in total. The van der Waals surface area contributed by atoms with Crippen LogP contribution in [0.15, 0.2) is 170 Å². The molecule has 0 aliphatic carbocycles. The standard InChI is InChI=1S/C39H23N3O2.C7H8/c40-24-25-8-6-11-28(22-25)29-18-21-35-33(23-29)31-12-4-5-14-34(31)42(35)36-15-7-13-32-37(36)39(44)41(38(32)43)30-19-16-27(17-20-30)26-9-2-1-3-10-26;1-7-5-3-2-4-6-7/h1-23H;2-6H,1H3. The number of carbonyl (C=O) groups excluding carboxylic acids is 2. The van der Waals surface area contributed by atoms with Gasteiger partial charge >= 0.3 is 0 Å². The minimum Gasteiger partial charge on any atom is -0.308 e. The first-order valence-corrected chi connectivity index (χ1v) is 16.7. The van der Waals surface area contributed by atoms with Gasteiger partial charge in [0.1, 0.15) is 0 Å². The van der Waals surface area contributed by atoms with Gasteiger partial charge in [0.05, 0.1) is 45.2 Å². The summed E-state index contributed by atoms with van der Waals surface area (Å²) in [4.78, 5) is 29.1. The number of hydrogen-bond donors (Lipinski definition) is 0. The highest BCUT2D eigenvalue weighted by molar-refractivity contribution is 6.35. The van der Waals surface area contributed by atoms with Crippen molar-refractivity contribution in [3.8, 4) is 34.0 Å². The third kappa shape index (κ3) is 5.65. The maximum Gasteiger partial charge on any atom is 0.268 e. The van der Waals surface area contributed by atoms with Gasteiger partial charge in [-0.15, -0.1) is 0 Å². The first-order chi connectivity index (χ1) is 25.0. The summed E-state index contributed by atoms with van der Waals surface area (Å²) in [5.41, 5.74) is 9.78. The molecule has 0 N–H and O–H groups in total. The number of amides is 2. The highest BCUT2D eigenvalue weighted by atomic mass is 16.2. The zero-order valence-corrected chi connectivity index (χ0v) is 27.8. The Bertz CT molecular complexity index is 2630. The van der Waals surface area contributed by atoms with Crippen molar-refractivity contribution in [3.63, 3.8) is 0 Å². The van der Waals surface area contributed by atoms with Crippen molar-refractivity contribution in [1.29, 1.82) is 5.26 Å². The first kappa shape index (κ1) is 31.3. The summed E-state index contributed by atoms with van der Waals surface area (Å²) in [5.74, 6) is -0.677. The van der Waals surface area contributed by atoms with E-state index in [9.17, 15) is 14.9 Å². The predicted molar refractivity (Wildman–Crippen MR) is 205 cm³/mol. The van der Waals surface area contributed by atoms with Crippen LogP contribution in [0.4, 0.5) is 5.69 Å². The zero-order valence-electron chi connectivity index (χ0n) is 27.8. The Morgan fingerprint density at radius 1 is 0.510 bits per heavy atom. The summed E-state index contributed by atoms with van der Waals surface area (Å²) in [5, 5.41) is 11.5. The number of benzene rings is 7. The van der Waals surface area contributed by atoms with E-state index in [0.717, 1.165) is 44.1 Å². The molecule has 0 fully saturated rings. The van der Waals surface area contributed by atoms with Gasteiger partial charge < -0.3 is 4.57 Å². The summed E-state index contributed by atoms with van der Waals surface area (Å²) < 4.78 is 2.08. The van der Waals surface area contributed by atoms with Crippen molar-refractivity contribution in [2.45, 2.75) is 6.92 Å². The van der Waals surface area contributed by atoms with Gasteiger partial charge in [-0.05, 0) is 83.8 Å². The molecule has 0 radical (unpaired) electrons. The smallest absolute Gasteiger partial charge is 0.268 e. The van der Waals surface area contributed by atoms with Gasteiger partial charge in [-0.3, -0.25) is 9.59 Å². The van der Waals surface area contributed by atoms with Crippen LogP contribution in [0.1, 0.15) is 31.8 Å². The maximum absolute atomic E-state index is 14.1. The lowest BCUT2D eigenvalue weighted by Gasteiger charge is -2.15. The highest BCUT2D eigenvalue weighted by Crippen LogP contribution is 2.39. The molecule has 51 heavy (non-hydrogen) atoms. The number of para-hydroxylation sites is 1. The molecule has 7 aromatic carbocycles. The molecule has 0 spiro atoms. The molecule has 0 bridgehead atoms. The Kier molecular flexibility index (Phi) is 8.04. The maximum atomic E-state index is 14.1. The lowest BCUT2D eigenvalue weighted by molar-refractivity contribution is 0.0926. The Hall–Kier alpha value is -7.03. The van der Waals surface area contributed by atoms with Crippen molar-refractivity contribution < 1.29 is 9.59 Å². The van der Waals surface area contributed by atoms with E-state index in [2.05, 4.69) is 41.8 Å². The molecular formula is C46H31N3O2. The van der Waals surface area contributed by atoms with E-state index in [1.54, 1.807) is 12.1 Å². The number of hydrogen-bond acceptors (Lipinski definition) is 3. The number of nitriles is 1. The highest BCUT2D eigenvalue weighted by Gasteiger charge is 2.39. The second-order valence-electron chi connectivity index (χ2n) is 12.5. The summed E-state index contributed by atoms with van der Waals surface area (Å²) in [6.07, 6.45) is 0. The van der Waals surface area contributed by atoms with Gasteiger partial charge in [0.2, 0.25) is 0 Å². The molecule has 9 rings (SSSR count). The Morgan fingerprint density at radius 2 is 1.12 bits per heavy atom. The second-order valence-corrected chi connectivity index (χ2v) is 12.5. The van der Waals surface area contributed by atoms with Crippen LogP contribution >= 0.6 is 0 Å². The zero-order chi connectivity index (χ0) is 34.9. The van der Waals surface area contributed by atoms with Crippen molar-refractivity contribution in [2.75, 3.05) is 4.90 Å². The number of aryl methyl sites for hydroxylation is 1. The Morgan fingerprint density at radius 3 is 1.84 bits per heavy atom. The molecule has 242 valence electrons. The monoisotopic (exact) mass is 657 g/mol. The molecule has 2 heterocycles. The van der Waals surface area contributed by atoms with Crippen LogP contribution in [0.3, 0.4) is 0 Å². The van der Waals surface area contributed by atoms with Crippen LogP contribution in [0.2, 0.25) is 0 Å². The quantitative estimate of drug-likeness (QED) is 0.177. The lowest BCUT2D eigenvalue weighted by atomic mass is 10.0. The average molecular weight is 658 g/mol. The Labute approximate surface area is 295 Å². The van der Waals surface area contributed by atoms with Crippen LogP contribution < -0.4 is 4.90 Å². The van der Waals surface area contributed by atoms with Crippen molar-refractivity contribution in [3.05, 3.63) is 192 Å². The van der Waals surface area contributed by atoms with E-state index in [-0.39, 0.29) is 11.8 Å². The van der Waals surface area contributed by atoms with Crippen molar-refractivity contribution in [1.82, 2.24) is 4.57 Å². The van der Waals surface area contributed by atoms with Gasteiger partial charge in [0.15, 0.2) is 0 Å². The van der Waals surface area contributed by atoms with Crippen molar-refractivity contribution >= 4 is 39.3 Å². The third-order valence-corrected chi connectivity index (χ3v) is 9.30. The molecule has 0 saturated heterocycles. The fraction of sp³-hybridized carbons (Fsp3) is 0.0217. The molecule has 1 aromatic heterocycles. The van der Waals surface area contributed by atoms with Gasteiger partial charge in [-0.25, -0.2) is 4.90 Å². The average Bonchev–Trinajstić information content (AvgIpc) is 3.65. The van der Waals surface area contributed by atoms with E-state index in [4.69, 9.17) is 0 Å². The number of anilines is 1. The molecule has 1 aliphatic heterocycles. The SMILES string of the molecule is Cc1ccccc1.N#Cc1cccc(-c2ccc3c(c2)c2ccccc2n3-c2cccc3c2C(=O)N(c2ccc(-c4ccccc4)cc2)C3=O)c1. The number of rotatable bonds is 4. The van der Waals surface area contributed by atoms with E-state index < -0.39 is 0 Å². The normalized spacial score (nSPS) is 12.0. The minimum absolute atomic E-state index is 0.334. The molecular weight excluding hydrogens is 627 g/mol. The number of carbonyl (C=O) groups is 2. The van der Waals surface area contributed by atoms with Crippen LogP contribution in [-0.2, 0) is 0 Å².